The van der Waals surface area contributed by atoms with Crippen LogP contribution in [0, 0.1) is 0 Å². The molecule has 0 unspecified atom stereocenters. The van der Waals surface area contributed by atoms with Crippen LogP contribution in [-0.2, 0) is 5.41 Å². The van der Waals surface area contributed by atoms with Crippen molar-refractivity contribution in [3.63, 3.8) is 0 Å². The van der Waals surface area contributed by atoms with Gasteiger partial charge in [-0.3, -0.25) is 4.98 Å². The van der Waals surface area contributed by atoms with Gasteiger partial charge in [-0.05, 0) is 6.07 Å². The van der Waals surface area contributed by atoms with Crippen LogP contribution in [0.15, 0.2) is 12.3 Å². The Kier molecular flexibility index (Phi) is 2.99. The lowest BCUT2D eigenvalue weighted by atomic mass is 9.90. The topological polar surface area (TPSA) is 37.0 Å². The Morgan fingerprint density at radius 1 is 1.14 bits per heavy atom. The fourth-order valence-corrected chi connectivity index (χ4v) is 1.49. The lowest BCUT2D eigenvalue weighted by Crippen LogP contribution is -2.17. The highest BCUT2D eigenvalue weighted by Crippen LogP contribution is 2.32. The number of nitrogens with one attached hydrogen (secondary N) is 2. The first-order valence-corrected chi connectivity index (χ1v) is 4.85. The van der Waals surface area contributed by atoms with Crippen LogP contribution in [0.25, 0.3) is 0 Å². The second-order valence-corrected chi connectivity index (χ2v) is 4.33. The summed E-state index contributed by atoms with van der Waals surface area (Å²) in [5.41, 5.74) is 3.33. The number of aromatic nitrogens is 1. The molecule has 3 heteroatoms. The third kappa shape index (κ3) is 1.97. The minimum atomic E-state index is 0.0607. The van der Waals surface area contributed by atoms with Crippen LogP contribution in [-0.4, -0.2) is 19.1 Å². The van der Waals surface area contributed by atoms with Crippen molar-refractivity contribution in [2.24, 2.45) is 0 Å². The SMILES string of the molecule is CNc1ccnc(C(C)(C)C)c1NC. The summed E-state index contributed by atoms with van der Waals surface area (Å²) < 4.78 is 0. The first-order valence-electron chi connectivity index (χ1n) is 4.85. The molecule has 2 N–H and O–H groups in total. The van der Waals surface area contributed by atoms with E-state index in [9.17, 15) is 0 Å². The van der Waals surface area contributed by atoms with Crippen LogP contribution in [0.1, 0.15) is 26.5 Å². The van der Waals surface area contributed by atoms with Gasteiger partial charge in [-0.25, -0.2) is 0 Å². The van der Waals surface area contributed by atoms with E-state index in [0.29, 0.717) is 0 Å². The highest BCUT2D eigenvalue weighted by molar-refractivity contribution is 5.71. The minimum absolute atomic E-state index is 0.0607. The molecular formula is C11H19N3. The monoisotopic (exact) mass is 193 g/mol. The smallest absolute Gasteiger partial charge is 0.0797 e. The summed E-state index contributed by atoms with van der Waals surface area (Å²) in [4.78, 5) is 4.43. The number of anilines is 2. The van der Waals surface area contributed by atoms with E-state index in [2.05, 4.69) is 36.4 Å². The lowest BCUT2D eigenvalue weighted by molar-refractivity contribution is 0.571. The summed E-state index contributed by atoms with van der Waals surface area (Å²) in [6, 6.07) is 1.97. The molecule has 1 rings (SSSR count). The summed E-state index contributed by atoms with van der Waals surface area (Å²) >= 11 is 0. The van der Waals surface area contributed by atoms with Crippen LogP contribution < -0.4 is 10.6 Å². The zero-order chi connectivity index (χ0) is 10.8. The third-order valence-electron chi connectivity index (χ3n) is 2.18. The van der Waals surface area contributed by atoms with Gasteiger partial charge in [0.2, 0.25) is 0 Å². The molecule has 14 heavy (non-hydrogen) atoms. The number of hydrogen-bond donors (Lipinski definition) is 2. The standard InChI is InChI=1S/C11H19N3/c1-11(2,3)10-9(13-5)8(12-4)6-7-14-10/h6-7,13H,1-5H3,(H,12,14). The molecule has 0 bridgehead atoms. The highest BCUT2D eigenvalue weighted by atomic mass is 14.9. The van der Waals surface area contributed by atoms with Crippen molar-refractivity contribution in [3.05, 3.63) is 18.0 Å². The molecule has 0 amide bonds. The molecule has 78 valence electrons. The zero-order valence-electron chi connectivity index (χ0n) is 9.60. The molecule has 0 aliphatic heterocycles. The third-order valence-corrected chi connectivity index (χ3v) is 2.18. The van der Waals surface area contributed by atoms with E-state index in [4.69, 9.17) is 0 Å². The maximum absolute atomic E-state index is 4.43. The van der Waals surface area contributed by atoms with Crippen molar-refractivity contribution < 1.29 is 0 Å². The molecule has 1 heterocycles. The fourth-order valence-electron chi connectivity index (χ4n) is 1.49. The molecule has 3 nitrogen and oxygen atoms in total. The van der Waals surface area contributed by atoms with Crippen molar-refractivity contribution >= 4 is 11.4 Å². The molecule has 1 aromatic heterocycles. The molecule has 0 saturated heterocycles. The van der Waals surface area contributed by atoms with Crippen LogP contribution in [0.3, 0.4) is 0 Å². The number of rotatable bonds is 2. The summed E-state index contributed by atoms with van der Waals surface area (Å²) in [6.45, 7) is 6.49. The van der Waals surface area contributed by atoms with E-state index in [1.54, 1.807) is 0 Å². The zero-order valence-corrected chi connectivity index (χ0v) is 9.60. The summed E-state index contributed by atoms with van der Waals surface area (Å²) in [5, 5.41) is 6.35. The van der Waals surface area contributed by atoms with E-state index in [1.807, 2.05) is 26.4 Å². The van der Waals surface area contributed by atoms with Crippen molar-refractivity contribution in [2.75, 3.05) is 24.7 Å². The van der Waals surface area contributed by atoms with Crippen LogP contribution >= 0.6 is 0 Å². The summed E-state index contributed by atoms with van der Waals surface area (Å²) in [7, 11) is 3.84. The molecule has 0 atom stereocenters. The Hall–Kier alpha value is -1.25. The van der Waals surface area contributed by atoms with Crippen molar-refractivity contribution in [3.8, 4) is 0 Å². The van der Waals surface area contributed by atoms with Gasteiger partial charge in [0.25, 0.3) is 0 Å². The average molecular weight is 193 g/mol. The molecule has 0 aliphatic carbocycles. The summed E-state index contributed by atoms with van der Waals surface area (Å²) in [6.07, 6.45) is 1.84. The van der Waals surface area contributed by atoms with Crippen molar-refractivity contribution in [2.45, 2.75) is 26.2 Å². The predicted molar refractivity (Wildman–Crippen MR) is 62.0 cm³/mol. The Morgan fingerprint density at radius 3 is 2.21 bits per heavy atom. The lowest BCUT2D eigenvalue weighted by Gasteiger charge is -2.23. The first-order chi connectivity index (χ1) is 6.50. The number of pyridine rings is 1. The minimum Gasteiger partial charge on any atom is -0.386 e. The average Bonchev–Trinajstić information content (AvgIpc) is 2.15. The maximum Gasteiger partial charge on any atom is 0.0797 e. The Bertz CT molecular complexity index is 313. The molecule has 0 saturated carbocycles. The molecule has 0 aromatic carbocycles. The molecule has 0 radical (unpaired) electrons. The van der Waals surface area contributed by atoms with Gasteiger partial charge in [0.1, 0.15) is 0 Å². The highest BCUT2D eigenvalue weighted by Gasteiger charge is 2.20. The largest absolute Gasteiger partial charge is 0.386 e. The molecule has 0 fully saturated rings. The normalized spacial score (nSPS) is 11.2. The van der Waals surface area contributed by atoms with Crippen LogP contribution in [0.5, 0.6) is 0 Å². The quantitative estimate of drug-likeness (QED) is 0.757. The second kappa shape index (κ2) is 3.86. The Morgan fingerprint density at radius 2 is 1.79 bits per heavy atom. The van der Waals surface area contributed by atoms with E-state index in [1.165, 1.54) is 0 Å². The van der Waals surface area contributed by atoms with Gasteiger partial charge in [-0.2, -0.15) is 0 Å². The Labute approximate surface area is 85.9 Å². The first kappa shape index (κ1) is 10.8. The number of hydrogen-bond acceptors (Lipinski definition) is 3. The molecule has 0 spiro atoms. The van der Waals surface area contributed by atoms with Gasteiger partial charge in [-0.1, -0.05) is 20.8 Å². The van der Waals surface area contributed by atoms with E-state index >= 15 is 0 Å². The van der Waals surface area contributed by atoms with E-state index < -0.39 is 0 Å². The number of nitrogens with zero attached hydrogens (tertiary/aromatic N) is 1. The van der Waals surface area contributed by atoms with Crippen LogP contribution in [0.4, 0.5) is 11.4 Å². The molecule has 0 aliphatic rings. The van der Waals surface area contributed by atoms with Gasteiger partial charge in [0.05, 0.1) is 17.1 Å². The van der Waals surface area contributed by atoms with Crippen molar-refractivity contribution in [1.82, 2.24) is 4.98 Å². The van der Waals surface area contributed by atoms with E-state index in [-0.39, 0.29) is 5.41 Å². The van der Waals surface area contributed by atoms with Crippen molar-refractivity contribution in [1.29, 1.82) is 0 Å². The predicted octanol–water partition coefficient (Wildman–Crippen LogP) is 2.46. The van der Waals surface area contributed by atoms with Gasteiger partial charge in [0, 0.05) is 25.7 Å². The molecule has 1 aromatic rings. The Balaban J connectivity index is 3.29. The van der Waals surface area contributed by atoms with Crippen LogP contribution in [0.2, 0.25) is 0 Å². The van der Waals surface area contributed by atoms with Gasteiger partial charge >= 0.3 is 0 Å². The van der Waals surface area contributed by atoms with Gasteiger partial charge in [0.15, 0.2) is 0 Å². The van der Waals surface area contributed by atoms with Gasteiger partial charge in [-0.15, -0.1) is 0 Å². The molecular weight excluding hydrogens is 174 g/mol. The maximum atomic E-state index is 4.43. The fraction of sp³-hybridized carbons (Fsp3) is 0.545. The van der Waals surface area contributed by atoms with Gasteiger partial charge < -0.3 is 10.6 Å². The van der Waals surface area contributed by atoms with E-state index in [0.717, 1.165) is 17.1 Å². The summed E-state index contributed by atoms with van der Waals surface area (Å²) in [5.74, 6) is 0. The second-order valence-electron chi connectivity index (χ2n) is 4.33.